The summed E-state index contributed by atoms with van der Waals surface area (Å²) in [5.74, 6) is 1.49. The van der Waals surface area contributed by atoms with Crippen molar-refractivity contribution in [2.45, 2.75) is 6.54 Å². The van der Waals surface area contributed by atoms with E-state index in [9.17, 15) is 0 Å². The van der Waals surface area contributed by atoms with Gasteiger partial charge in [-0.15, -0.1) is 0 Å². The Kier molecular flexibility index (Phi) is 4.40. The molecule has 0 unspecified atom stereocenters. The van der Waals surface area contributed by atoms with Crippen molar-refractivity contribution in [2.75, 3.05) is 19.5 Å². The van der Waals surface area contributed by atoms with Gasteiger partial charge in [0.15, 0.2) is 0 Å². The maximum absolute atomic E-state index is 8.83. The van der Waals surface area contributed by atoms with Gasteiger partial charge in [0.1, 0.15) is 23.3 Å². The summed E-state index contributed by atoms with van der Waals surface area (Å²) in [6.07, 6.45) is 1.62. The third-order valence-electron chi connectivity index (χ3n) is 2.83. The van der Waals surface area contributed by atoms with Crippen LogP contribution in [0.15, 0.2) is 36.5 Å². The van der Waals surface area contributed by atoms with Gasteiger partial charge in [-0.1, -0.05) is 0 Å². The molecule has 2 rings (SSSR count). The Bertz CT molecular complexity index is 635. The van der Waals surface area contributed by atoms with E-state index in [1.807, 2.05) is 30.3 Å². The largest absolute Gasteiger partial charge is 0.497 e. The van der Waals surface area contributed by atoms with E-state index in [1.165, 1.54) is 0 Å². The smallest absolute Gasteiger partial charge is 0.142 e. The fraction of sp³-hybridized carbons (Fsp3) is 0.200. The third-order valence-corrected chi connectivity index (χ3v) is 2.83. The number of methoxy groups -OCH3 is 2. The molecule has 0 aliphatic rings. The van der Waals surface area contributed by atoms with Crippen LogP contribution in [0, 0.1) is 11.3 Å². The molecule has 0 fully saturated rings. The molecule has 0 radical (unpaired) electrons. The normalized spacial score (nSPS) is 9.65. The summed E-state index contributed by atoms with van der Waals surface area (Å²) in [5, 5.41) is 12.1. The molecule has 0 saturated carbocycles. The molecule has 0 aliphatic carbocycles. The molecule has 1 N–H and O–H groups in total. The second-order valence-electron chi connectivity index (χ2n) is 4.08. The fourth-order valence-corrected chi connectivity index (χ4v) is 1.79. The van der Waals surface area contributed by atoms with Crippen LogP contribution in [-0.2, 0) is 6.54 Å². The van der Waals surface area contributed by atoms with Gasteiger partial charge < -0.3 is 14.8 Å². The van der Waals surface area contributed by atoms with Gasteiger partial charge in [0.2, 0.25) is 0 Å². The number of nitriles is 1. The minimum Gasteiger partial charge on any atom is -0.497 e. The Morgan fingerprint density at radius 2 is 2.05 bits per heavy atom. The number of hydrogen-bond acceptors (Lipinski definition) is 5. The van der Waals surface area contributed by atoms with E-state index in [1.54, 1.807) is 26.5 Å². The number of pyridine rings is 1. The van der Waals surface area contributed by atoms with Gasteiger partial charge in [-0.3, -0.25) is 0 Å². The molecule has 2 aromatic rings. The molecule has 5 heteroatoms. The molecule has 0 aliphatic heterocycles. The first-order chi connectivity index (χ1) is 9.76. The van der Waals surface area contributed by atoms with Gasteiger partial charge in [0.05, 0.1) is 19.9 Å². The molecule has 1 aromatic carbocycles. The lowest BCUT2D eigenvalue weighted by Crippen LogP contribution is -2.02. The molecule has 0 spiro atoms. The number of nitrogens with one attached hydrogen (secondary N) is 1. The van der Waals surface area contributed by atoms with Crippen LogP contribution in [0.25, 0.3) is 0 Å². The number of rotatable bonds is 5. The number of ether oxygens (including phenoxy) is 2. The lowest BCUT2D eigenvalue weighted by molar-refractivity contribution is 0.404. The molecule has 20 heavy (non-hydrogen) atoms. The Balaban J connectivity index is 2.15. The van der Waals surface area contributed by atoms with Crippen LogP contribution in [0.1, 0.15) is 11.3 Å². The Hall–Kier alpha value is -2.74. The van der Waals surface area contributed by atoms with E-state index in [0.29, 0.717) is 12.2 Å². The highest BCUT2D eigenvalue weighted by Gasteiger charge is 2.05. The van der Waals surface area contributed by atoms with E-state index < -0.39 is 0 Å². The molecule has 1 aromatic heterocycles. The molecular weight excluding hydrogens is 254 g/mol. The van der Waals surface area contributed by atoms with Gasteiger partial charge in [0.25, 0.3) is 0 Å². The lowest BCUT2D eigenvalue weighted by Gasteiger charge is -2.12. The second kappa shape index (κ2) is 6.43. The summed E-state index contributed by atoms with van der Waals surface area (Å²) in [7, 11) is 3.24. The van der Waals surface area contributed by atoms with Gasteiger partial charge >= 0.3 is 0 Å². The van der Waals surface area contributed by atoms with Crippen LogP contribution in [0.2, 0.25) is 0 Å². The molecule has 0 amide bonds. The predicted molar refractivity (Wildman–Crippen MR) is 75.8 cm³/mol. The van der Waals surface area contributed by atoms with Crippen molar-refractivity contribution in [1.82, 2.24) is 4.98 Å². The monoisotopic (exact) mass is 269 g/mol. The van der Waals surface area contributed by atoms with Crippen molar-refractivity contribution in [3.05, 3.63) is 47.8 Å². The summed E-state index contributed by atoms with van der Waals surface area (Å²) < 4.78 is 10.5. The minimum atomic E-state index is 0.405. The van der Waals surface area contributed by atoms with Crippen LogP contribution >= 0.6 is 0 Å². The molecule has 0 saturated heterocycles. The summed E-state index contributed by atoms with van der Waals surface area (Å²) in [4.78, 5) is 3.94. The van der Waals surface area contributed by atoms with E-state index in [-0.39, 0.29) is 0 Å². The molecule has 0 atom stereocenters. The highest BCUT2D eigenvalue weighted by Crippen LogP contribution is 2.29. The van der Waals surface area contributed by atoms with Crippen LogP contribution in [-0.4, -0.2) is 19.2 Å². The predicted octanol–water partition coefficient (Wildman–Crippen LogP) is 2.58. The van der Waals surface area contributed by atoms with Crippen molar-refractivity contribution in [3.63, 3.8) is 0 Å². The maximum Gasteiger partial charge on any atom is 0.142 e. The third kappa shape index (κ3) is 3.18. The Morgan fingerprint density at radius 3 is 2.75 bits per heavy atom. The van der Waals surface area contributed by atoms with Crippen molar-refractivity contribution in [2.24, 2.45) is 0 Å². The van der Waals surface area contributed by atoms with Crippen LogP contribution in [0.4, 0.5) is 5.69 Å². The highest BCUT2D eigenvalue weighted by atomic mass is 16.5. The Morgan fingerprint density at radius 1 is 1.20 bits per heavy atom. The van der Waals surface area contributed by atoms with Crippen molar-refractivity contribution < 1.29 is 9.47 Å². The van der Waals surface area contributed by atoms with Crippen LogP contribution < -0.4 is 14.8 Å². The van der Waals surface area contributed by atoms with Crippen LogP contribution in [0.3, 0.4) is 0 Å². The van der Waals surface area contributed by atoms with Gasteiger partial charge in [-0.2, -0.15) is 5.26 Å². The number of nitrogens with zero attached hydrogens (tertiary/aromatic N) is 2. The van der Waals surface area contributed by atoms with Gasteiger partial charge in [0, 0.05) is 18.8 Å². The zero-order chi connectivity index (χ0) is 14.4. The highest BCUT2D eigenvalue weighted by molar-refractivity contribution is 5.59. The average molecular weight is 269 g/mol. The van der Waals surface area contributed by atoms with E-state index in [4.69, 9.17) is 14.7 Å². The number of benzene rings is 1. The summed E-state index contributed by atoms with van der Waals surface area (Å²) in [6, 6.07) is 11.2. The lowest BCUT2D eigenvalue weighted by atomic mass is 10.2. The number of hydrogen-bond donors (Lipinski definition) is 1. The summed E-state index contributed by atoms with van der Waals surface area (Å²) in [5.41, 5.74) is 2.21. The first-order valence-corrected chi connectivity index (χ1v) is 6.07. The zero-order valence-electron chi connectivity index (χ0n) is 11.4. The van der Waals surface area contributed by atoms with Gasteiger partial charge in [-0.05, 0) is 29.8 Å². The molecular formula is C15H15N3O2. The topological polar surface area (TPSA) is 67.2 Å². The second-order valence-corrected chi connectivity index (χ2v) is 4.08. The first kappa shape index (κ1) is 13.7. The summed E-state index contributed by atoms with van der Waals surface area (Å²) >= 11 is 0. The Labute approximate surface area is 117 Å². The number of anilines is 1. The van der Waals surface area contributed by atoms with Crippen molar-refractivity contribution in [3.8, 4) is 17.6 Å². The number of aromatic nitrogens is 1. The molecule has 1 heterocycles. The molecule has 0 bridgehead atoms. The van der Waals surface area contributed by atoms with Crippen molar-refractivity contribution >= 4 is 5.69 Å². The maximum atomic E-state index is 8.83. The fourth-order valence-electron chi connectivity index (χ4n) is 1.79. The standard InChI is InChI=1S/C15H15N3O2/c1-19-13-3-4-15(20-2)14(8-13)18-10-11-5-6-17-12(7-11)9-16/h3-8,18H,10H2,1-2H3. The average Bonchev–Trinajstić information content (AvgIpc) is 2.52. The summed E-state index contributed by atoms with van der Waals surface area (Å²) in [6.45, 7) is 0.570. The quantitative estimate of drug-likeness (QED) is 0.903. The van der Waals surface area contributed by atoms with Crippen molar-refractivity contribution in [1.29, 1.82) is 5.26 Å². The minimum absolute atomic E-state index is 0.405. The zero-order valence-corrected chi connectivity index (χ0v) is 11.4. The van der Waals surface area contributed by atoms with Crippen LogP contribution in [0.5, 0.6) is 11.5 Å². The molecule has 102 valence electrons. The van der Waals surface area contributed by atoms with E-state index in [0.717, 1.165) is 22.7 Å². The van der Waals surface area contributed by atoms with E-state index in [2.05, 4.69) is 10.3 Å². The SMILES string of the molecule is COc1ccc(OC)c(NCc2ccnc(C#N)c2)c1. The van der Waals surface area contributed by atoms with Gasteiger partial charge in [-0.25, -0.2) is 4.98 Å². The van der Waals surface area contributed by atoms with E-state index >= 15 is 0 Å². The molecule has 5 nitrogen and oxygen atoms in total. The first-order valence-electron chi connectivity index (χ1n) is 6.07.